The number of benzene rings is 2. The van der Waals surface area contributed by atoms with Crippen LogP contribution in [0, 0.1) is 0 Å². The first-order chi connectivity index (χ1) is 14.2. The number of likely N-dealkylation sites (tertiary alicyclic amines) is 1. The monoisotopic (exact) mass is 404 g/mol. The SMILES string of the molecule is O=C(Cc1n[nH]c(=O)c2ccccc12)N1CCC[C@@H](c2nc3ccccc3s2)C1. The summed E-state index contributed by atoms with van der Waals surface area (Å²) >= 11 is 1.72. The van der Waals surface area contributed by atoms with Gasteiger partial charge in [0.25, 0.3) is 5.56 Å². The predicted octanol–water partition coefficient (Wildman–Crippen LogP) is 3.48. The van der Waals surface area contributed by atoms with Crippen LogP contribution in [0.5, 0.6) is 0 Å². The van der Waals surface area contributed by atoms with E-state index in [0.29, 0.717) is 17.6 Å². The molecule has 1 aliphatic heterocycles. The Morgan fingerprint density at radius 2 is 1.93 bits per heavy atom. The first-order valence-electron chi connectivity index (χ1n) is 9.78. The van der Waals surface area contributed by atoms with Crippen molar-refractivity contribution >= 4 is 38.2 Å². The Labute approximate surface area is 171 Å². The van der Waals surface area contributed by atoms with Gasteiger partial charge in [-0.15, -0.1) is 11.3 Å². The lowest BCUT2D eigenvalue weighted by molar-refractivity contribution is -0.131. The van der Waals surface area contributed by atoms with E-state index < -0.39 is 0 Å². The number of aromatic amines is 1. The van der Waals surface area contributed by atoms with Crippen LogP contribution < -0.4 is 5.56 Å². The zero-order chi connectivity index (χ0) is 19.8. The van der Waals surface area contributed by atoms with Crippen molar-refractivity contribution in [1.82, 2.24) is 20.1 Å². The van der Waals surface area contributed by atoms with Gasteiger partial charge in [0.15, 0.2) is 0 Å². The molecule has 0 bridgehead atoms. The van der Waals surface area contributed by atoms with Crippen molar-refractivity contribution < 1.29 is 4.79 Å². The number of rotatable bonds is 3. The second kappa shape index (κ2) is 7.40. The summed E-state index contributed by atoms with van der Waals surface area (Å²) in [5, 5.41) is 9.08. The lowest BCUT2D eigenvalue weighted by Gasteiger charge is -2.32. The molecule has 0 unspecified atom stereocenters. The lowest BCUT2D eigenvalue weighted by Crippen LogP contribution is -2.40. The molecule has 1 saturated heterocycles. The van der Waals surface area contributed by atoms with E-state index >= 15 is 0 Å². The number of H-pyrrole nitrogens is 1. The maximum Gasteiger partial charge on any atom is 0.272 e. The van der Waals surface area contributed by atoms with Gasteiger partial charge in [-0.25, -0.2) is 10.1 Å². The Hall–Kier alpha value is -3.06. The zero-order valence-corrected chi connectivity index (χ0v) is 16.6. The summed E-state index contributed by atoms with van der Waals surface area (Å²) in [5.41, 5.74) is 1.41. The van der Waals surface area contributed by atoms with Gasteiger partial charge < -0.3 is 4.90 Å². The summed E-state index contributed by atoms with van der Waals surface area (Å²) in [6.07, 6.45) is 2.19. The van der Waals surface area contributed by atoms with E-state index in [1.165, 1.54) is 4.70 Å². The fourth-order valence-electron chi connectivity index (χ4n) is 4.03. The highest BCUT2D eigenvalue weighted by Crippen LogP contribution is 2.33. The van der Waals surface area contributed by atoms with Crippen LogP contribution >= 0.6 is 11.3 Å². The second-order valence-corrected chi connectivity index (χ2v) is 8.48. The fourth-order valence-corrected chi connectivity index (χ4v) is 5.12. The molecule has 1 amide bonds. The summed E-state index contributed by atoms with van der Waals surface area (Å²) in [6, 6.07) is 15.4. The average molecular weight is 404 g/mol. The molecule has 1 N–H and O–H groups in total. The van der Waals surface area contributed by atoms with Crippen LogP contribution in [0.4, 0.5) is 0 Å². The average Bonchev–Trinajstić information content (AvgIpc) is 3.20. The first-order valence-corrected chi connectivity index (χ1v) is 10.6. The molecule has 4 aromatic rings. The Bertz CT molecular complexity index is 1230. The van der Waals surface area contributed by atoms with Crippen molar-refractivity contribution in [2.45, 2.75) is 25.2 Å². The van der Waals surface area contributed by atoms with E-state index in [1.807, 2.05) is 41.3 Å². The normalized spacial score (nSPS) is 17.1. The molecule has 0 saturated carbocycles. The first kappa shape index (κ1) is 18.0. The van der Waals surface area contributed by atoms with Crippen LogP contribution in [0.15, 0.2) is 53.3 Å². The maximum atomic E-state index is 13.0. The van der Waals surface area contributed by atoms with Crippen LogP contribution in [-0.2, 0) is 11.2 Å². The third-order valence-electron chi connectivity index (χ3n) is 5.53. The summed E-state index contributed by atoms with van der Waals surface area (Å²) in [4.78, 5) is 31.7. The van der Waals surface area contributed by atoms with Crippen molar-refractivity contribution in [2.75, 3.05) is 13.1 Å². The fraction of sp³-hybridized carbons (Fsp3) is 0.273. The molecular formula is C22H20N4O2S. The molecule has 29 heavy (non-hydrogen) atoms. The molecular weight excluding hydrogens is 384 g/mol. The Balaban J connectivity index is 1.36. The molecule has 1 atom stereocenters. The number of fused-ring (bicyclic) bond motifs is 2. The van der Waals surface area contributed by atoms with Crippen LogP contribution in [-0.4, -0.2) is 39.1 Å². The van der Waals surface area contributed by atoms with Gasteiger partial charge in [0.05, 0.1) is 32.7 Å². The number of hydrogen-bond acceptors (Lipinski definition) is 5. The minimum atomic E-state index is -0.231. The Kier molecular flexibility index (Phi) is 4.60. The zero-order valence-electron chi connectivity index (χ0n) is 15.8. The molecule has 146 valence electrons. The number of hydrogen-bond donors (Lipinski definition) is 1. The van der Waals surface area contributed by atoms with Crippen LogP contribution in [0.3, 0.4) is 0 Å². The quantitative estimate of drug-likeness (QED) is 0.567. The van der Waals surface area contributed by atoms with Gasteiger partial charge >= 0.3 is 0 Å². The number of piperidine rings is 1. The predicted molar refractivity (Wildman–Crippen MR) is 114 cm³/mol. The van der Waals surface area contributed by atoms with E-state index in [1.54, 1.807) is 17.4 Å². The van der Waals surface area contributed by atoms with Crippen molar-refractivity contribution in [3.63, 3.8) is 0 Å². The standard InChI is InChI=1S/C22H20N4O2S/c27-20(12-18-15-7-1-2-8-16(15)21(28)25-24-18)26-11-5-6-14(13-26)22-23-17-9-3-4-10-19(17)29-22/h1-4,7-10,14H,5-6,11-13H2,(H,25,28)/t14-/m1/s1. The molecule has 2 aromatic carbocycles. The smallest absolute Gasteiger partial charge is 0.272 e. The maximum absolute atomic E-state index is 13.0. The highest BCUT2D eigenvalue weighted by atomic mass is 32.1. The summed E-state index contributed by atoms with van der Waals surface area (Å²) < 4.78 is 1.19. The minimum absolute atomic E-state index is 0.0421. The molecule has 6 nitrogen and oxygen atoms in total. The summed E-state index contributed by atoms with van der Waals surface area (Å²) in [7, 11) is 0. The van der Waals surface area contributed by atoms with Crippen LogP contribution in [0.25, 0.3) is 21.0 Å². The molecule has 1 fully saturated rings. The third-order valence-corrected chi connectivity index (χ3v) is 6.73. The molecule has 2 aromatic heterocycles. The van der Waals surface area contributed by atoms with Crippen LogP contribution in [0.2, 0.25) is 0 Å². The second-order valence-electron chi connectivity index (χ2n) is 7.42. The van der Waals surface area contributed by atoms with E-state index in [0.717, 1.165) is 35.3 Å². The largest absolute Gasteiger partial charge is 0.342 e. The molecule has 1 aliphatic rings. The molecule has 0 spiro atoms. The van der Waals surface area contributed by atoms with E-state index in [4.69, 9.17) is 4.98 Å². The molecule has 5 rings (SSSR count). The van der Waals surface area contributed by atoms with Gasteiger partial charge in [-0.3, -0.25) is 9.59 Å². The number of amides is 1. The topological polar surface area (TPSA) is 79.0 Å². The summed E-state index contributed by atoms with van der Waals surface area (Å²) in [5.74, 6) is 0.311. The van der Waals surface area contributed by atoms with Gasteiger partial charge in [-0.05, 0) is 31.0 Å². The van der Waals surface area contributed by atoms with E-state index in [-0.39, 0.29) is 23.8 Å². The molecule has 0 aliphatic carbocycles. The molecule has 7 heteroatoms. The van der Waals surface area contributed by atoms with Crippen molar-refractivity contribution in [1.29, 1.82) is 0 Å². The van der Waals surface area contributed by atoms with Crippen molar-refractivity contribution in [3.8, 4) is 0 Å². The molecule has 0 radical (unpaired) electrons. The number of carbonyl (C=O) groups is 1. The number of nitrogens with zero attached hydrogens (tertiary/aromatic N) is 3. The van der Waals surface area contributed by atoms with Gasteiger partial charge in [-0.2, -0.15) is 5.10 Å². The summed E-state index contributed by atoms with van der Waals surface area (Å²) in [6.45, 7) is 1.43. The number of nitrogens with one attached hydrogen (secondary N) is 1. The van der Waals surface area contributed by atoms with Gasteiger partial charge in [-0.1, -0.05) is 30.3 Å². The number of thiazole rings is 1. The minimum Gasteiger partial charge on any atom is -0.342 e. The van der Waals surface area contributed by atoms with Crippen LogP contribution in [0.1, 0.15) is 29.5 Å². The Morgan fingerprint density at radius 3 is 2.79 bits per heavy atom. The van der Waals surface area contributed by atoms with E-state index in [2.05, 4.69) is 16.3 Å². The highest BCUT2D eigenvalue weighted by molar-refractivity contribution is 7.18. The van der Waals surface area contributed by atoms with Crippen molar-refractivity contribution in [2.24, 2.45) is 0 Å². The molecule has 3 heterocycles. The number of para-hydroxylation sites is 1. The van der Waals surface area contributed by atoms with Gasteiger partial charge in [0.1, 0.15) is 0 Å². The number of aromatic nitrogens is 3. The van der Waals surface area contributed by atoms with E-state index in [9.17, 15) is 9.59 Å². The van der Waals surface area contributed by atoms with Gasteiger partial charge in [0.2, 0.25) is 5.91 Å². The van der Waals surface area contributed by atoms with Crippen molar-refractivity contribution in [3.05, 3.63) is 69.6 Å². The highest BCUT2D eigenvalue weighted by Gasteiger charge is 2.27. The Morgan fingerprint density at radius 1 is 1.14 bits per heavy atom. The van der Waals surface area contributed by atoms with Gasteiger partial charge in [0, 0.05) is 24.4 Å². The number of carbonyl (C=O) groups excluding carboxylic acids is 1. The lowest BCUT2D eigenvalue weighted by atomic mass is 9.98. The third kappa shape index (κ3) is 3.42.